The monoisotopic (exact) mass is 351 g/mol. The van der Waals surface area contributed by atoms with E-state index in [0.717, 1.165) is 37.4 Å². The second kappa shape index (κ2) is 9.08. The topological polar surface area (TPSA) is 66.8 Å². The maximum absolute atomic E-state index is 12.7. The second-order valence-corrected chi connectivity index (χ2v) is 7.55. The van der Waals surface area contributed by atoms with Gasteiger partial charge in [0.25, 0.3) is 5.91 Å². The second-order valence-electron chi connectivity index (χ2n) is 6.17. The molecule has 132 valence electrons. The Hall–Kier alpha value is -1.53. The maximum atomic E-state index is 12.7. The fourth-order valence-corrected chi connectivity index (χ4v) is 3.63. The molecule has 0 aromatic heterocycles. The Kier molecular flexibility index (Phi) is 7.12. The van der Waals surface area contributed by atoms with Crippen molar-refractivity contribution in [2.75, 3.05) is 26.8 Å². The summed E-state index contributed by atoms with van der Waals surface area (Å²) in [5.74, 6) is -0.316. The van der Waals surface area contributed by atoms with Crippen molar-refractivity contribution >= 4 is 23.6 Å². The van der Waals surface area contributed by atoms with Crippen LogP contribution in [0.2, 0.25) is 0 Å². The van der Waals surface area contributed by atoms with Crippen LogP contribution in [0.25, 0.3) is 0 Å². The van der Waals surface area contributed by atoms with Crippen LogP contribution in [-0.4, -0.2) is 53.9 Å². The summed E-state index contributed by atoms with van der Waals surface area (Å²) in [5.41, 5.74) is 0.574. The molecule has 1 aromatic rings. The van der Waals surface area contributed by atoms with Gasteiger partial charge in [-0.25, -0.2) is 0 Å². The minimum Gasteiger partial charge on any atom is -0.480 e. The van der Waals surface area contributed by atoms with Gasteiger partial charge < -0.3 is 14.7 Å². The summed E-state index contributed by atoms with van der Waals surface area (Å²) in [6, 6.07) is 7.22. The van der Waals surface area contributed by atoms with Crippen LogP contribution in [0.1, 0.15) is 36.5 Å². The van der Waals surface area contributed by atoms with Crippen LogP contribution in [-0.2, 0) is 9.53 Å². The molecule has 5 nitrogen and oxygen atoms in total. The van der Waals surface area contributed by atoms with Gasteiger partial charge in [0.2, 0.25) is 0 Å². The number of carbonyl (C=O) groups excluding carboxylic acids is 1. The van der Waals surface area contributed by atoms with Gasteiger partial charge in [0, 0.05) is 31.7 Å². The molecule has 2 rings (SSSR count). The lowest BCUT2D eigenvalue weighted by Crippen LogP contribution is -2.30. The predicted molar refractivity (Wildman–Crippen MR) is 94.5 cm³/mol. The number of aliphatic carboxylic acids is 1. The molecule has 1 saturated heterocycles. The molecule has 1 N–H and O–H groups in total. The SMILES string of the molecule is CC(Sc1ccccc1C(=O)N(C)CCC1CCOCC1)C(=O)O. The zero-order valence-corrected chi connectivity index (χ0v) is 15.1. The van der Waals surface area contributed by atoms with Gasteiger partial charge in [-0.05, 0) is 44.2 Å². The highest BCUT2D eigenvalue weighted by Crippen LogP contribution is 2.28. The smallest absolute Gasteiger partial charge is 0.316 e. The molecule has 1 aromatic carbocycles. The van der Waals surface area contributed by atoms with Gasteiger partial charge in [0.05, 0.1) is 5.56 Å². The number of ether oxygens (including phenoxy) is 1. The van der Waals surface area contributed by atoms with Crippen LogP contribution in [0.5, 0.6) is 0 Å². The first-order valence-corrected chi connectivity index (χ1v) is 9.18. The van der Waals surface area contributed by atoms with Crippen LogP contribution in [0.15, 0.2) is 29.2 Å². The van der Waals surface area contributed by atoms with Crippen molar-refractivity contribution in [2.45, 2.75) is 36.3 Å². The largest absolute Gasteiger partial charge is 0.480 e. The number of hydrogen-bond donors (Lipinski definition) is 1. The summed E-state index contributed by atoms with van der Waals surface area (Å²) in [6.45, 7) is 3.96. The Morgan fingerprint density at radius 2 is 2.00 bits per heavy atom. The lowest BCUT2D eigenvalue weighted by Gasteiger charge is -2.25. The van der Waals surface area contributed by atoms with E-state index in [1.165, 1.54) is 11.8 Å². The molecule has 1 aliphatic heterocycles. The number of carboxylic acids is 1. The highest BCUT2D eigenvalue weighted by atomic mass is 32.2. The average molecular weight is 351 g/mol. The van der Waals surface area contributed by atoms with E-state index in [-0.39, 0.29) is 5.91 Å². The first-order valence-electron chi connectivity index (χ1n) is 8.30. The molecular formula is C18H25NO4S. The van der Waals surface area contributed by atoms with Crippen LogP contribution in [0.3, 0.4) is 0 Å². The molecule has 1 fully saturated rings. The third-order valence-electron chi connectivity index (χ3n) is 4.33. The minimum atomic E-state index is -0.880. The number of benzene rings is 1. The normalized spacial score (nSPS) is 16.6. The molecule has 1 aliphatic rings. The van der Waals surface area contributed by atoms with Gasteiger partial charge >= 0.3 is 5.97 Å². The van der Waals surface area contributed by atoms with Crippen LogP contribution in [0, 0.1) is 5.92 Å². The summed E-state index contributed by atoms with van der Waals surface area (Å²) in [5, 5.41) is 8.49. The van der Waals surface area contributed by atoms with Crippen molar-refractivity contribution in [3.05, 3.63) is 29.8 Å². The van der Waals surface area contributed by atoms with Gasteiger partial charge in [0.15, 0.2) is 0 Å². The first kappa shape index (κ1) is 18.8. The molecule has 1 atom stereocenters. The van der Waals surface area contributed by atoms with Crippen molar-refractivity contribution < 1.29 is 19.4 Å². The van der Waals surface area contributed by atoms with E-state index < -0.39 is 11.2 Å². The molecule has 24 heavy (non-hydrogen) atoms. The van der Waals surface area contributed by atoms with Gasteiger partial charge in [0.1, 0.15) is 5.25 Å². The fourth-order valence-electron chi connectivity index (χ4n) is 2.71. The quantitative estimate of drug-likeness (QED) is 0.765. The van der Waals surface area contributed by atoms with E-state index in [2.05, 4.69) is 0 Å². The minimum absolute atomic E-state index is 0.0530. The molecule has 1 unspecified atom stereocenters. The summed E-state index contributed by atoms with van der Waals surface area (Å²) >= 11 is 1.21. The third-order valence-corrected chi connectivity index (χ3v) is 5.49. The van der Waals surface area contributed by atoms with Crippen molar-refractivity contribution in [3.63, 3.8) is 0 Å². The van der Waals surface area contributed by atoms with Gasteiger partial charge in [-0.15, -0.1) is 11.8 Å². The van der Waals surface area contributed by atoms with E-state index in [1.54, 1.807) is 17.9 Å². The Morgan fingerprint density at radius 1 is 1.33 bits per heavy atom. The Bertz CT molecular complexity index is 572. The molecule has 0 radical (unpaired) electrons. The zero-order valence-electron chi connectivity index (χ0n) is 14.2. The maximum Gasteiger partial charge on any atom is 0.316 e. The van der Waals surface area contributed by atoms with Crippen molar-refractivity contribution in [1.29, 1.82) is 0 Å². The number of nitrogens with zero attached hydrogens (tertiary/aromatic N) is 1. The van der Waals surface area contributed by atoms with Crippen LogP contribution < -0.4 is 0 Å². The third kappa shape index (κ3) is 5.24. The van der Waals surface area contributed by atoms with E-state index >= 15 is 0 Å². The lowest BCUT2D eigenvalue weighted by molar-refractivity contribution is -0.136. The van der Waals surface area contributed by atoms with Crippen molar-refractivity contribution in [3.8, 4) is 0 Å². The van der Waals surface area contributed by atoms with Crippen LogP contribution >= 0.6 is 11.8 Å². The number of amides is 1. The molecule has 1 amide bonds. The lowest BCUT2D eigenvalue weighted by atomic mass is 9.96. The first-order chi connectivity index (χ1) is 11.5. The summed E-state index contributed by atoms with van der Waals surface area (Å²) in [6.07, 6.45) is 3.10. The molecule has 1 heterocycles. The van der Waals surface area contributed by atoms with Crippen LogP contribution in [0.4, 0.5) is 0 Å². The number of carbonyl (C=O) groups is 2. The number of hydrogen-bond acceptors (Lipinski definition) is 4. The average Bonchev–Trinajstić information content (AvgIpc) is 2.60. The highest BCUT2D eigenvalue weighted by Gasteiger charge is 2.21. The standard InChI is InChI=1S/C18H25NO4S/c1-13(18(21)22)24-16-6-4-3-5-15(16)17(20)19(2)10-7-14-8-11-23-12-9-14/h3-6,13-14H,7-12H2,1-2H3,(H,21,22). The van der Waals surface area contributed by atoms with Crippen molar-refractivity contribution in [1.82, 2.24) is 4.90 Å². The molecular weight excluding hydrogens is 326 g/mol. The Labute approximate surface area is 147 Å². The Morgan fingerprint density at radius 3 is 2.67 bits per heavy atom. The Balaban J connectivity index is 1.98. The predicted octanol–water partition coefficient (Wildman–Crippen LogP) is 3.14. The molecule has 0 aliphatic carbocycles. The van der Waals surface area contributed by atoms with Gasteiger partial charge in [-0.3, -0.25) is 9.59 Å². The van der Waals surface area contributed by atoms with Crippen molar-refractivity contribution in [2.24, 2.45) is 5.92 Å². The van der Waals surface area contributed by atoms with Gasteiger partial charge in [-0.1, -0.05) is 12.1 Å². The zero-order chi connectivity index (χ0) is 17.5. The molecule has 0 saturated carbocycles. The number of thioether (sulfide) groups is 1. The molecule has 6 heteroatoms. The van der Waals surface area contributed by atoms with E-state index in [4.69, 9.17) is 9.84 Å². The molecule has 0 bridgehead atoms. The highest BCUT2D eigenvalue weighted by molar-refractivity contribution is 8.00. The van der Waals surface area contributed by atoms with E-state index in [0.29, 0.717) is 18.0 Å². The summed E-state index contributed by atoms with van der Waals surface area (Å²) in [7, 11) is 1.81. The summed E-state index contributed by atoms with van der Waals surface area (Å²) < 4.78 is 5.36. The van der Waals surface area contributed by atoms with E-state index in [1.807, 2.05) is 25.2 Å². The van der Waals surface area contributed by atoms with Gasteiger partial charge in [-0.2, -0.15) is 0 Å². The van der Waals surface area contributed by atoms with E-state index in [9.17, 15) is 9.59 Å². The number of rotatable bonds is 7. The summed E-state index contributed by atoms with van der Waals surface area (Å²) in [4.78, 5) is 26.3. The molecule has 0 spiro atoms. The number of carboxylic acid groups (broad SMARTS) is 1. The fraction of sp³-hybridized carbons (Fsp3) is 0.556.